The van der Waals surface area contributed by atoms with Crippen molar-refractivity contribution < 1.29 is 4.79 Å². The normalized spacial score (nSPS) is 22.3. The molecule has 0 bridgehead atoms. The predicted octanol–water partition coefficient (Wildman–Crippen LogP) is 3.84. The molecule has 1 aromatic rings. The van der Waals surface area contributed by atoms with Crippen LogP contribution >= 0.6 is 23.2 Å². The minimum atomic E-state index is -0.104. The molecule has 1 N–H and O–H groups in total. The third-order valence-electron chi connectivity index (χ3n) is 4.00. The van der Waals surface area contributed by atoms with Crippen molar-refractivity contribution in [3.63, 3.8) is 0 Å². The Hall–Kier alpha value is -0.770. The summed E-state index contributed by atoms with van der Waals surface area (Å²) in [5.41, 5.74) is 0.496. The standard InChI is InChI=1S/C16H22Cl2N2O/c1-20(2)10-11-5-3-4-6-15(11)19-16(21)13-8-7-12(17)9-14(13)18/h7-9,11,15H,3-6,10H2,1-2H3,(H,19,21). The summed E-state index contributed by atoms with van der Waals surface area (Å²) in [5.74, 6) is 0.399. The summed E-state index contributed by atoms with van der Waals surface area (Å²) in [7, 11) is 4.15. The second-order valence-corrected chi connectivity index (χ2v) is 6.85. The first kappa shape index (κ1) is 16.6. The van der Waals surface area contributed by atoms with Crippen molar-refractivity contribution >= 4 is 29.1 Å². The van der Waals surface area contributed by atoms with Gasteiger partial charge in [-0.1, -0.05) is 36.0 Å². The van der Waals surface area contributed by atoms with E-state index in [-0.39, 0.29) is 11.9 Å². The smallest absolute Gasteiger partial charge is 0.253 e. The molecule has 1 saturated carbocycles. The van der Waals surface area contributed by atoms with E-state index in [4.69, 9.17) is 23.2 Å². The molecule has 1 aliphatic carbocycles. The average molecular weight is 329 g/mol. The number of rotatable bonds is 4. The zero-order valence-electron chi connectivity index (χ0n) is 12.5. The summed E-state index contributed by atoms with van der Waals surface area (Å²) in [6, 6.07) is 5.21. The fourth-order valence-corrected chi connectivity index (χ4v) is 3.50. The third-order valence-corrected chi connectivity index (χ3v) is 4.55. The summed E-state index contributed by atoms with van der Waals surface area (Å²) in [6.07, 6.45) is 4.61. The Morgan fingerprint density at radius 3 is 2.67 bits per heavy atom. The molecule has 3 nitrogen and oxygen atoms in total. The molecule has 0 heterocycles. The molecule has 1 aromatic carbocycles. The Morgan fingerprint density at radius 2 is 2.00 bits per heavy atom. The lowest BCUT2D eigenvalue weighted by molar-refractivity contribution is 0.0895. The van der Waals surface area contributed by atoms with Gasteiger partial charge in [-0.05, 0) is 51.1 Å². The van der Waals surface area contributed by atoms with Crippen LogP contribution in [-0.4, -0.2) is 37.5 Å². The van der Waals surface area contributed by atoms with Crippen LogP contribution in [0.2, 0.25) is 10.0 Å². The number of hydrogen-bond donors (Lipinski definition) is 1. The molecule has 1 fully saturated rings. The number of carbonyl (C=O) groups excluding carboxylic acids is 1. The van der Waals surface area contributed by atoms with Gasteiger partial charge >= 0.3 is 0 Å². The van der Waals surface area contributed by atoms with Gasteiger partial charge in [0.25, 0.3) is 5.91 Å². The van der Waals surface area contributed by atoms with Gasteiger partial charge in [0.1, 0.15) is 0 Å². The van der Waals surface area contributed by atoms with Gasteiger partial charge in [0, 0.05) is 17.6 Å². The first-order valence-corrected chi connectivity index (χ1v) is 8.13. The number of benzene rings is 1. The number of hydrogen-bond acceptors (Lipinski definition) is 2. The quantitative estimate of drug-likeness (QED) is 0.910. The number of nitrogens with zero attached hydrogens (tertiary/aromatic N) is 1. The average Bonchev–Trinajstić information content (AvgIpc) is 2.40. The van der Waals surface area contributed by atoms with E-state index in [1.807, 2.05) is 0 Å². The van der Waals surface area contributed by atoms with E-state index in [0.717, 1.165) is 19.4 Å². The van der Waals surface area contributed by atoms with Crippen LogP contribution in [0.5, 0.6) is 0 Å². The summed E-state index contributed by atoms with van der Waals surface area (Å²) < 4.78 is 0. The second-order valence-electron chi connectivity index (χ2n) is 6.01. The monoisotopic (exact) mass is 328 g/mol. The van der Waals surface area contributed by atoms with Gasteiger partial charge in [0.05, 0.1) is 10.6 Å². The molecule has 0 aromatic heterocycles. The van der Waals surface area contributed by atoms with Crippen molar-refractivity contribution in [2.24, 2.45) is 5.92 Å². The van der Waals surface area contributed by atoms with E-state index in [1.165, 1.54) is 12.8 Å². The molecule has 1 amide bonds. The van der Waals surface area contributed by atoms with Gasteiger partial charge in [-0.3, -0.25) is 4.79 Å². The molecular weight excluding hydrogens is 307 g/mol. The van der Waals surface area contributed by atoms with Crippen LogP contribution in [0.4, 0.5) is 0 Å². The number of carbonyl (C=O) groups is 1. The molecule has 2 atom stereocenters. The Bertz CT molecular complexity index is 505. The van der Waals surface area contributed by atoms with Gasteiger partial charge in [0.15, 0.2) is 0 Å². The Morgan fingerprint density at radius 1 is 1.29 bits per heavy atom. The van der Waals surface area contributed by atoms with Crippen molar-refractivity contribution in [1.29, 1.82) is 0 Å². The molecule has 2 unspecified atom stereocenters. The van der Waals surface area contributed by atoms with E-state index in [9.17, 15) is 4.79 Å². The summed E-state index contributed by atoms with van der Waals surface area (Å²) in [5, 5.41) is 4.10. The lowest BCUT2D eigenvalue weighted by Gasteiger charge is -2.34. The van der Waals surface area contributed by atoms with Gasteiger partial charge in [-0.25, -0.2) is 0 Å². The minimum absolute atomic E-state index is 0.104. The highest BCUT2D eigenvalue weighted by atomic mass is 35.5. The molecule has 1 aliphatic rings. The molecule has 21 heavy (non-hydrogen) atoms. The highest BCUT2D eigenvalue weighted by Crippen LogP contribution is 2.26. The fourth-order valence-electron chi connectivity index (χ4n) is 3.00. The predicted molar refractivity (Wildman–Crippen MR) is 88.2 cm³/mol. The molecule has 116 valence electrons. The van der Waals surface area contributed by atoms with Gasteiger partial charge in [-0.2, -0.15) is 0 Å². The third kappa shape index (κ3) is 4.60. The van der Waals surface area contributed by atoms with E-state index in [1.54, 1.807) is 18.2 Å². The maximum absolute atomic E-state index is 12.4. The van der Waals surface area contributed by atoms with Crippen LogP contribution in [0, 0.1) is 5.92 Å². The van der Waals surface area contributed by atoms with Crippen LogP contribution in [-0.2, 0) is 0 Å². The first-order valence-electron chi connectivity index (χ1n) is 7.38. The molecule has 0 radical (unpaired) electrons. The summed E-state index contributed by atoms with van der Waals surface area (Å²) in [6.45, 7) is 0.999. The van der Waals surface area contributed by atoms with E-state index in [0.29, 0.717) is 21.5 Å². The van der Waals surface area contributed by atoms with Crippen molar-refractivity contribution in [2.45, 2.75) is 31.7 Å². The van der Waals surface area contributed by atoms with E-state index < -0.39 is 0 Å². The van der Waals surface area contributed by atoms with Gasteiger partial charge < -0.3 is 10.2 Å². The molecule has 0 saturated heterocycles. The molecular formula is C16H22Cl2N2O. The SMILES string of the molecule is CN(C)CC1CCCCC1NC(=O)c1ccc(Cl)cc1Cl. The number of halogens is 2. The Labute approximate surface area is 136 Å². The maximum Gasteiger partial charge on any atom is 0.253 e. The lowest BCUT2D eigenvalue weighted by atomic mass is 9.84. The largest absolute Gasteiger partial charge is 0.349 e. The van der Waals surface area contributed by atoms with Crippen LogP contribution in [0.15, 0.2) is 18.2 Å². The second kappa shape index (κ2) is 7.48. The molecule has 0 aliphatic heterocycles. The maximum atomic E-state index is 12.4. The number of nitrogens with one attached hydrogen (secondary N) is 1. The van der Waals surface area contributed by atoms with Crippen LogP contribution in [0.1, 0.15) is 36.0 Å². The van der Waals surface area contributed by atoms with Crippen LogP contribution in [0.25, 0.3) is 0 Å². The van der Waals surface area contributed by atoms with Gasteiger partial charge in [0.2, 0.25) is 0 Å². The summed E-state index contributed by atoms with van der Waals surface area (Å²) in [4.78, 5) is 14.6. The Balaban J connectivity index is 2.06. The Kier molecular flexibility index (Phi) is 5.91. The van der Waals surface area contributed by atoms with E-state index in [2.05, 4.69) is 24.3 Å². The fraction of sp³-hybridized carbons (Fsp3) is 0.562. The zero-order valence-corrected chi connectivity index (χ0v) is 14.0. The van der Waals surface area contributed by atoms with Gasteiger partial charge in [-0.15, -0.1) is 0 Å². The van der Waals surface area contributed by atoms with Crippen molar-refractivity contribution in [1.82, 2.24) is 10.2 Å². The van der Waals surface area contributed by atoms with E-state index >= 15 is 0 Å². The highest BCUT2D eigenvalue weighted by molar-refractivity contribution is 6.36. The zero-order chi connectivity index (χ0) is 15.4. The van der Waals surface area contributed by atoms with Crippen LogP contribution < -0.4 is 5.32 Å². The minimum Gasteiger partial charge on any atom is -0.349 e. The molecule has 2 rings (SSSR count). The van der Waals surface area contributed by atoms with Crippen molar-refractivity contribution in [3.05, 3.63) is 33.8 Å². The molecule has 0 spiro atoms. The van der Waals surface area contributed by atoms with Crippen molar-refractivity contribution in [2.75, 3.05) is 20.6 Å². The number of amides is 1. The van der Waals surface area contributed by atoms with Crippen LogP contribution in [0.3, 0.4) is 0 Å². The van der Waals surface area contributed by atoms with Crippen molar-refractivity contribution in [3.8, 4) is 0 Å². The first-order chi connectivity index (χ1) is 9.97. The lowest BCUT2D eigenvalue weighted by Crippen LogP contribution is -2.45. The topological polar surface area (TPSA) is 32.3 Å². The molecule has 5 heteroatoms. The highest BCUT2D eigenvalue weighted by Gasteiger charge is 2.27. The summed E-state index contributed by atoms with van der Waals surface area (Å²) >= 11 is 12.0.